The maximum absolute atomic E-state index is 13.1. The van der Waals surface area contributed by atoms with Gasteiger partial charge in [0.1, 0.15) is 10.5 Å². The van der Waals surface area contributed by atoms with Gasteiger partial charge >= 0.3 is 6.08 Å². The van der Waals surface area contributed by atoms with Crippen molar-refractivity contribution >= 4 is 22.9 Å². The van der Waals surface area contributed by atoms with E-state index in [0.717, 1.165) is 0 Å². The fourth-order valence-electron chi connectivity index (χ4n) is 1.39. The highest BCUT2D eigenvalue weighted by Crippen LogP contribution is 2.23. The Morgan fingerprint density at radius 1 is 1.40 bits per heavy atom. The smallest absolute Gasteiger partial charge is 0.311 e. The number of thioether (sulfide) groups is 1. The maximum Gasteiger partial charge on any atom is 0.311 e. The summed E-state index contributed by atoms with van der Waals surface area (Å²) in [7, 11) is 0. The van der Waals surface area contributed by atoms with Crippen LogP contribution in [0, 0.1) is 6.08 Å². The van der Waals surface area contributed by atoms with Crippen molar-refractivity contribution in [3.8, 4) is 0 Å². The normalized spacial score (nSPS) is 11.5. The Balaban J connectivity index is 2.75. The molecule has 0 saturated heterocycles. The summed E-state index contributed by atoms with van der Waals surface area (Å²) in [6, 6.07) is 0.207. The fourth-order valence-corrected chi connectivity index (χ4v) is 1.89. The Hall–Kier alpha value is -1.17. The number of hydrogen-bond acceptors (Lipinski definition) is 4. The standard InChI is InChI=1S/C9H11FN4S/c1-5(2)14-4-11-6-7(14)12-9(10)13-8(6)15-3/h4-5H,1-3H3. The van der Waals surface area contributed by atoms with E-state index in [1.54, 1.807) is 6.33 Å². The van der Waals surface area contributed by atoms with E-state index in [2.05, 4.69) is 15.0 Å². The second-order valence-electron chi connectivity index (χ2n) is 3.42. The van der Waals surface area contributed by atoms with Crippen molar-refractivity contribution in [3.05, 3.63) is 12.4 Å². The zero-order valence-electron chi connectivity index (χ0n) is 8.73. The van der Waals surface area contributed by atoms with Crippen LogP contribution in [0.1, 0.15) is 19.9 Å². The molecule has 15 heavy (non-hydrogen) atoms. The molecule has 2 rings (SSSR count). The highest BCUT2D eigenvalue weighted by Gasteiger charge is 2.13. The lowest BCUT2D eigenvalue weighted by Crippen LogP contribution is -2.02. The van der Waals surface area contributed by atoms with Crippen LogP contribution in [0.25, 0.3) is 11.2 Å². The molecule has 0 aliphatic heterocycles. The molecule has 6 heteroatoms. The minimum atomic E-state index is -0.700. The number of imidazole rings is 1. The zero-order valence-corrected chi connectivity index (χ0v) is 9.55. The van der Waals surface area contributed by atoms with Crippen LogP contribution >= 0.6 is 11.8 Å². The molecule has 0 spiro atoms. The first-order valence-corrected chi connectivity index (χ1v) is 5.80. The summed E-state index contributed by atoms with van der Waals surface area (Å²) in [5.74, 6) is 0. The number of rotatable bonds is 2. The van der Waals surface area contributed by atoms with E-state index in [0.29, 0.717) is 16.2 Å². The van der Waals surface area contributed by atoms with Gasteiger partial charge in [-0.3, -0.25) is 0 Å². The van der Waals surface area contributed by atoms with E-state index in [4.69, 9.17) is 0 Å². The quantitative estimate of drug-likeness (QED) is 0.447. The van der Waals surface area contributed by atoms with Crippen molar-refractivity contribution in [1.82, 2.24) is 19.5 Å². The first-order chi connectivity index (χ1) is 7.13. The minimum absolute atomic E-state index is 0.207. The van der Waals surface area contributed by atoms with Crippen molar-refractivity contribution < 1.29 is 4.39 Å². The first-order valence-electron chi connectivity index (χ1n) is 4.57. The topological polar surface area (TPSA) is 43.6 Å². The Morgan fingerprint density at radius 3 is 2.73 bits per heavy atom. The monoisotopic (exact) mass is 226 g/mol. The Labute approximate surface area is 90.9 Å². The van der Waals surface area contributed by atoms with Crippen LogP contribution in [0.4, 0.5) is 4.39 Å². The molecule has 0 bridgehead atoms. The predicted octanol–water partition coefficient (Wildman–Crippen LogP) is 2.27. The van der Waals surface area contributed by atoms with Gasteiger partial charge in [0, 0.05) is 6.04 Å². The molecule has 2 heterocycles. The Bertz CT molecular complexity index is 494. The van der Waals surface area contributed by atoms with Crippen LogP contribution in [-0.4, -0.2) is 25.8 Å². The third-order valence-corrected chi connectivity index (χ3v) is 2.78. The molecule has 0 fully saturated rings. The molecular formula is C9H11FN4S. The van der Waals surface area contributed by atoms with E-state index in [1.807, 2.05) is 24.7 Å². The fraction of sp³-hybridized carbons (Fsp3) is 0.444. The van der Waals surface area contributed by atoms with E-state index >= 15 is 0 Å². The number of aromatic nitrogens is 4. The van der Waals surface area contributed by atoms with Crippen molar-refractivity contribution in [2.45, 2.75) is 24.9 Å². The molecule has 0 aliphatic carbocycles. The molecule has 0 radical (unpaired) electrons. The lowest BCUT2D eigenvalue weighted by Gasteiger charge is -2.06. The van der Waals surface area contributed by atoms with Gasteiger partial charge in [-0.2, -0.15) is 14.4 Å². The molecule has 0 atom stereocenters. The average molecular weight is 226 g/mol. The van der Waals surface area contributed by atoms with Crippen molar-refractivity contribution in [1.29, 1.82) is 0 Å². The molecule has 0 saturated carbocycles. The van der Waals surface area contributed by atoms with Crippen molar-refractivity contribution in [2.24, 2.45) is 0 Å². The highest BCUT2D eigenvalue weighted by molar-refractivity contribution is 7.98. The molecule has 2 aromatic rings. The average Bonchev–Trinajstić information content (AvgIpc) is 2.59. The summed E-state index contributed by atoms with van der Waals surface area (Å²) < 4.78 is 15.0. The Kier molecular flexibility index (Phi) is 2.60. The lowest BCUT2D eigenvalue weighted by atomic mass is 10.4. The van der Waals surface area contributed by atoms with Crippen molar-refractivity contribution in [2.75, 3.05) is 6.26 Å². The van der Waals surface area contributed by atoms with Crippen LogP contribution < -0.4 is 0 Å². The third-order valence-electron chi connectivity index (χ3n) is 2.11. The van der Waals surface area contributed by atoms with Crippen LogP contribution in [-0.2, 0) is 0 Å². The van der Waals surface area contributed by atoms with Gasteiger partial charge in [0.05, 0.1) is 6.33 Å². The van der Waals surface area contributed by atoms with Crippen LogP contribution in [0.15, 0.2) is 11.4 Å². The van der Waals surface area contributed by atoms with Gasteiger partial charge in [0.25, 0.3) is 0 Å². The summed E-state index contributed by atoms with van der Waals surface area (Å²) in [5, 5.41) is 0.580. The third kappa shape index (κ3) is 1.69. The van der Waals surface area contributed by atoms with E-state index in [9.17, 15) is 4.39 Å². The largest absolute Gasteiger partial charge is 0.313 e. The maximum atomic E-state index is 13.1. The van der Waals surface area contributed by atoms with E-state index in [1.165, 1.54) is 11.8 Å². The van der Waals surface area contributed by atoms with Crippen molar-refractivity contribution in [3.63, 3.8) is 0 Å². The van der Waals surface area contributed by atoms with Crippen LogP contribution in [0.5, 0.6) is 0 Å². The molecule has 2 aromatic heterocycles. The summed E-state index contributed by atoms with van der Waals surface area (Å²) in [5.41, 5.74) is 1.22. The van der Waals surface area contributed by atoms with Gasteiger partial charge in [-0.15, -0.1) is 11.8 Å². The number of halogens is 1. The second-order valence-corrected chi connectivity index (χ2v) is 4.21. The SMILES string of the molecule is CSc1nc(F)nc2c1ncn2C(C)C. The van der Waals surface area contributed by atoms with E-state index < -0.39 is 6.08 Å². The molecule has 0 unspecified atom stereocenters. The summed E-state index contributed by atoms with van der Waals surface area (Å²) in [4.78, 5) is 11.7. The minimum Gasteiger partial charge on any atom is -0.313 e. The van der Waals surface area contributed by atoms with Gasteiger partial charge in [0.15, 0.2) is 5.65 Å². The summed E-state index contributed by atoms with van der Waals surface area (Å²) in [6.45, 7) is 4.00. The molecule has 0 aliphatic rings. The van der Waals surface area contributed by atoms with E-state index in [-0.39, 0.29) is 6.04 Å². The molecule has 0 amide bonds. The van der Waals surface area contributed by atoms with Gasteiger partial charge in [0.2, 0.25) is 0 Å². The van der Waals surface area contributed by atoms with Crippen LogP contribution in [0.2, 0.25) is 0 Å². The molecule has 80 valence electrons. The summed E-state index contributed by atoms with van der Waals surface area (Å²) >= 11 is 1.37. The zero-order chi connectivity index (χ0) is 11.0. The van der Waals surface area contributed by atoms with Crippen LogP contribution in [0.3, 0.4) is 0 Å². The van der Waals surface area contributed by atoms with Gasteiger partial charge in [-0.1, -0.05) is 0 Å². The lowest BCUT2D eigenvalue weighted by molar-refractivity contribution is 0.527. The second kappa shape index (κ2) is 3.77. The molecule has 4 nitrogen and oxygen atoms in total. The highest BCUT2D eigenvalue weighted by atomic mass is 32.2. The first kappa shape index (κ1) is 10.4. The van der Waals surface area contributed by atoms with Gasteiger partial charge < -0.3 is 4.57 Å². The molecule has 0 aromatic carbocycles. The predicted molar refractivity (Wildman–Crippen MR) is 57.4 cm³/mol. The molecular weight excluding hydrogens is 215 g/mol. The van der Waals surface area contributed by atoms with Gasteiger partial charge in [-0.05, 0) is 20.1 Å². The van der Waals surface area contributed by atoms with Gasteiger partial charge in [-0.25, -0.2) is 4.98 Å². The summed E-state index contributed by atoms with van der Waals surface area (Å²) in [6.07, 6.45) is 2.81. The number of fused-ring (bicyclic) bond motifs is 1. The Morgan fingerprint density at radius 2 is 2.13 bits per heavy atom. The number of hydrogen-bond donors (Lipinski definition) is 0. The number of nitrogens with zero attached hydrogens (tertiary/aromatic N) is 4. The molecule has 0 N–H and O–H groups in total.